The molecule has 0 heterocycles. The predicted molar refractivity (Wildman–Crippen MR) is 26.9 cm³/mol. The van der Waals surface area contributed by atoms with Gasteiger partial charge in [-0.25, -0.2) is 10.1 Å². The fraction of sp³-hybridized carbons (Fsp3) is 0.333. The first-order valence-electron chi connectivity index (χ1n) is 1.54. The molecular weight excluding hydrogens is 136 g/mol. The molecule has 40 valence electrons. The van der Waals surface area contributed by atoms with Gasteiger partial charge in [-0.3, -0.25) is 0 Å². The Bertz CT molecular complexity index is 108. The third kappa shape index (κ3) is 6.02. The van der Waals surface area contributed by atoms with Gasteiger partial charge in [0.25, 0.3) is 0 Å². The van der Waals surface area contributed by atoms with E-state index in [2.05, 4.69) is 4.74 Å². The Balaban J connectivity index is 0. The summed E-state index contributed by atoms with van der Waals surface area (Å²) >= 11 is 0. The molecule has 0 fully saturated rings. The largest absolute Gasteiger partial charge is 0.452 e. The maximum absolute atomic E-state index is 9.86. The Kier molecular flexibility index (Phi) is 9.57. The Labute approximate surface area is 76.8 Å². The second kappa shape index (κ2) is 7.02. The zero-order valence-electron chi connectivity index (χ0n) is 4.47. The minimum atomic E-state index is -0.734. The molecule has 0 aromatic carbocycles. The van der Waals surface area contributed by atoms with Crippen LogP contribution in [0.2, 0.25) is 0 Å². The van der Waals surface area contributed by atoms with Gasteiger partial charge in [0, 0.05) is 37.7 Å². The number of methoxy groups -OCH3 is 1. The molecule has 2 radical (unpaired) electrons. The quantitative estimate of drug-likeness (QED) is 0.279. The number of hydrogen-bond donors (Lipinski definition) is 1. The Hall–Kier alpha value is 0.0197. The molecule has 0 aliphatic heterocycles. The van der Waals surface area contributed by atoms with E-state index in [1.165, 1.54) is 13.3 Å². The SMILES string of the molecule is COC(=O)NC#N.[Ca]. The van der Waals surface area contributed by atoms with Crippen molar-refractivity contribution in [2.24, 2.45) is 0 Å². The molecule has 5 heteroatoms. The van der Waals surface area contributed by atoms with Gasteiger partial charge in [0.05, 0.1) is 7.11 Å². The number of carbonyl (C=O) groups is 1. The minimum Gasteiger partial charge on any atom is -0.452 e. The molecule has 0 atom stereocenters. The molecule has 0 saturated heterocycles. The van der Waals surface area contributed by atoms with E-state index < -0.39 is 6.09 Å². The van der Waals surface area contributed by atoms with Gasteiger partial charge in [-0.05, 0) is 0 Å². The van der Waals surface area contributed by atoms with Crippen LogP contribution in [0.5, 0.6) is 0 Å². The number of hydrogen-bond acceptors (Lipinski definition) is 3. The van der Waals surface area contributed by atoms with Crippen molar-refractivity contribution in [1.29, 1.82) is 5.26 Å². The van der Waals surface area contributed by atoms with Crippen molar-refractivity contribution in [3.63, 3.8) is 0 Å². The van der Waals surface area contributed by atoms with Crippen molar-refractivity contribution in [3.05, 3.63) is 0 Å². The summed E-state index contributed by atoms with van der Waals surface area (Å²) in [6.07, 6.45) is 0.660. The average Bonchev–Trinajstić information content (AvgIpc) is 1.68. The number of alkyl carbamates (subject to hydrolysis) is 1. The van der Waals surface area contributed by atoms with Crippen LogP contribution in [0.25, 0.3) is 0 Å². The van der Waals surface area contributed by atoms with Gasteiger partial charge in [-0.15, -0.1) is 0 Å². The molecule has 0 aliphatic carbocycles. The number of amides is 1. The number of nitrogens with zero attached hydrogens (tertiary/aromatic N) is 1. The molecule has 1 amide bonds. The van der Waals surface area contributed by atoms with Crippen molar-refractivity contribution in [1.82, 2.24) is 5.32 Å². The molecule has 0 bridgehead atoms. The summed E-state index contributed by atoms with van der Waals surface area (Å²) in [4.78, 5) is 9.86. The number of carbonyl (C=O) groups excluding carboxylic acids is 1. The minimum absolute atomic E-state index is 0. The van der Waals surface area contributed by atoms with Gasteiger partial charge in [0.1, 0.15) is 0 Å². The van der Waals surface area contributed by atoms with Crippen LogP contribution < -0.4 is 5.32 Å². The van der Waals surface area contributed by atoms with Crippen molar-refractivity contribution in [3.8, 4) is 6.19 Å². The van der Waals surface area contributed by atoms with E-state index in [1.54, 1.807) is 5.32 Å². The third-order valence-electron chi connectivity index (χ3n) is 0.343. The summed E-state index contributed by atoms with van der Waals surface area (Å²) in [7, 11) is 1.19. The molecule has 0 aliphatic rings. The van der Waals surface area contributed by atoms with E-state index >= 15 is 0 Å². The molecule has 0 spiro atoms. The van der Waals surface area contributed by atoms with Crippen LogP contribution in [0, 0.1) is 11.5 Å². The topological polar surface area (TPSA) is 62.1 Å². The summed E-state index contributed by atoms with van der Waals surface area (Å²) < 4.78 is 4.02. The Morgan fingerprint density at radius 2 is 2.38 bits per heavy atom. The van der Waals surface area contributed by atoms with Gasteiger partial charge in [0.15, 0.2) is 6.19 Å². The molecule has 4 nitrogen and oxygen atoms in total. The predicted octanol–water partition coefficient (Wildman–Crippen LogP) is -0.557. The van der Waals surface area contributed by atoms with E-state index in [4.69, 9.17) is 5.26 Å². The molecule has 0 saturated carbocycles. The summed E-state index contributed by atoms with van der Waals surface area (Å²) in [5.41, 5.74) is 0. The standard InChI is InChI=1S/C3H4N2O2.Ca/c1-7-3(6)5-2-4;/h1H3,(H,5,6);. The second-order valence-corrected chi connectivity index (χ2v) is 0.728. The van der Waals surface area contributed by atoms with Crippen LogP contribution in [-0.2, 0) is 4.74 Å². The van der Waals surface area contributed by atoms with Crippen LogP contribution in [0.15, 0.2) is 0 Å². The maximum Gasteiger partial charge on any atom is 0.420 e. The summed E-state index contributed by atoms with van der Waals surface area (Å²) in [6, 6.07) is 0. The van der Waals surface area contributed by atoms with Crippen LogP contribution >= 0.6 is 0 Å². The van der Waals surface area contributed by atoms with Crippen molar-refractivity contribution < 1.29 is 9.53 Å². The van der Waals surface area contributed by atoms with Crippen LogP contribution in [-0.4, -0.2) is 50.9 Å². The zero-order chi connectivity index (χ0) is 5.70. The van der Waals surface area contributed by atoms with Gasteiger partial charge < -0.3 is 4.74 Å². The Morgan fingerprint density at radius 1 is 1.88 bits per heavy atom. The molecule has 0 aromatic rings. The van der Waals surface area contributed by atoms with Gasteiger partial charge in [-0.2, -0.15) is 5.26 Å². The van der Waals surface area contributed by atoms with E-state index in [0.29, 0.717) is 0 Å². The van der Waals surface area contributed by atoms with Crippen LogP contribution in [0.1, 0.15) is 0 Å². The van der Waals surface area contributed by atoms with Crippen molar-refractivity contribution in [2.45, 2.75) is 0 Å². The summed E-state index contributed by atoms with van der Waals surface area (Å²) in [5.74, 6) is 0. The molecule has 8 heavy (non-hydrogen) atoms. The van der Waals surface area contributed by atoms with Gasteiger partial charge >= 0.3 is 6.09 Å². The first-order chi connectivity index (χ1) is 3.31. The average molecular weight is 140 g/mol. The molecule has 1 N–H and O–H groups in total. The second-order valence-electron chi connectivity index (χ2n) is 0.728. The molecular formula is C3H4CaN2O2. The van der Waals surface area contributed by atoms with E-state index in [1.807, 2.05) is 0 Å². The first-order valence-corrected chi connectivity index (χ1v) is 1.54. The summed E-state index contributed by atoms with van der Waals surface area (Å²) in [5, 5.41) is 9.45. The normalized spacial score (nSPS) is 5.50. The van der Waals surface area contributed by atoms with Crippen molar-refractivity contribution >= 4 is 43.8 Å². The fourth-order valence-corrected chi connectivity index (χ4v) is 0.0967. The van der Waals surface area contributed by atoms with E-state index in [9.17, 15) is 4.79 Å². The van der Waals surface area contributed by atoms with Crippen LogP contribution in [0.4, 0.5) is 4.79 Å². The number of nitrogens with one attached hydrogen (secondary N) is 1. The van der Waals surface area contributed by atoms with E-state index in [0.717, 1.165) is 0 Å². The fourth-order valence-electron chi connectivity index (χ4n) is 0.0967. The monoisotopic (exact) mass is 140 g/mol. The van der Waals surface area contributed by atoms with Gasteiger partial charge in [-0.1, -0.05) is 0 Å². The Morgan fingerprint density at radius 3 is 2.50 bits per heavy atom. The van der Waals surface area contributed by atoms with E-state index in [-0.39, 0.29) is 37.7 Å². The number of rotatable bonds is 0. The van der Waals surface area contributed by atoms with Crippen LogP contribution in [0.3, 0.4) is 0 Å². The summed E-state index contributed by atoms with van der Waals surface area (Å²) in [6.45, 7) is 0. The first kappa shape index (κ1) is 10.9. The van der Waals surface area contributed by atoms with Gasteiger partial charge in [0.2, 0.25) is 0 Å². The molecule has 0 unspecified atom stereocenters. The number of ether oxygens (including phenoxy) is 1. The smallest absolute Gasteiger partial charge is 0.420 e. The van der Waals surface area contributed by atoms with Crippen molar-refractivity contribution in [2.75, 3.05) is 7.11 Å². The molecule has 0 rings (SSSR count). The molecule has 0 aromatic heterocycles. The maximum atomic E-state index is 9.86. The zero-order valence-corrected chi connectivity index (χ0v) is 6.68. The number of nitriles is 1. The third-order valence-corrected chi connectivity index (χ3v) is 0.343.